The molecule has 0 aliphatic rings. The molecule has 17 heavy (non-hydrogen) atoms. The van der Waals surface area contributed by atoms with E-state index in [1.54, 1.807) is 12.3 Å². The summed E-state index contributed by atoms with van der Waals surface area (Å²) in [6, 6.07) is 9.56. The summed E-state index contributed by atoms with van der Waals surface area (Å²) in [5.41, 5.74) is 7.13. The van der Waals surface area contributed by atoms with E-state index in [4.69, 9.17) is 22.1 Å². The van der Waals surface area contributed by atoms with Gasteiger partial charge in [-0.15, -0.1) is 0 Å². The van der Waals surface area contributed by atoms with Gasteiger partial charge in [-0.05, 0) is 12.1 Å². The minimum absolute atomic E-state index is 0.313. The third kappa shape index (κ3) is 3.15. The first kappa shape index (κ1) is 11.8. The van der Waals surface area contributed by atoms with Gasteiger partial charge in [0.25, 0.3) is 0 Å². The predicted molar refractivity (Wildman–Crippen MR) is 65.7 cm³/mol. The van der Waals surface area contributed by atoms with E-state index >= 15 is 0 Å². The minimum Gasteiger partial charge on any atom is -0.459 e. The number of rotatable bonds is 4. The normalized spacial score (nSPS) is 10.2. The third-order valence-electron chi connectivity index (χ3n) is 2.21. The number of hydrogen-bond acceptors (Lipinski definition) is 4. The van der Waals surface area contributed by atoms with Gasteiger partial charge in [0, 0.05) is 23.3 Å². The molecule has 2 N–H and O–H groups in total. The average Bonchev–Trinajstić information content (AvgIpc) is 2.38. The maximum atomic E-state index is 6.01. The van der Waals surface area contributed by atoms with Gasteiger partial charge in [0.05, 0.1) is 5.69 Å². The van der Waals surface area contributed by atoms with Crippen molar-refractivity contribution in [2.24, 2.45) is 5.73 Å². The van der Waals surface area contributed by atoms with Crippen molar-refractivity contribution < 1.29 is 4.74 Å². The highest BCUT2D eigenvalue weighted by Crippen LogP contribution is 2.16. The van der Waals surface area contributed by atoms with Crippen molar-refractivity contribution in [2.45, 2.75) is 13.2 Å². The van der Waals surface area contributed by atoms with Crippen LogP contribution in [0.2, 0.25) is 5.02 Å². The Hall–Kier alpha value is -1.65. The Morgan fingerprint density at radius 3 is 2.82 bits per heavy atom. The maximum Gasteiger partial charge on any atom is 0.316 e. The summed E-state index contributed by atoms with van der Waals surface area (Å²) >= 11 is 6.01. The molecule has 0 bridgehead atoms. The quantitative estimate of drug-likeness (QED) is 0.902. The molecule has 0 unspecified atom stereocenters. The molecule has 0 saturated heterocycles. The smallest absolute Gasteiger partial charge is 0.316 e. The van der Waals surface area contributed by atoms with Crippen molar-refractivity contribution in [1.29, 1.82) is 0 Å². The largest absolute Gasteiger partial charge is 0.459 e. The van der Waals surface area contributed by atoms with Gasteiger partial charge in [0.1, 0.15) is 6.61 Å². The third-order valence-corrected chi connectivity index (χ3v) is 2.58. The number of nitrogens with zero attached hydrogens (tertiary/aromatic N) is 2. The van der Waals surface area contributed by atoms with Crippen LogP contribution < -0.4 is 10.5 Å². The van der Waals surface area contributed by atoms with E-state index in [0.717, 1.165) is 11.3 Å². The average molecular weight is 250 g/mol. The Balaban J connectivity index is 2.05. The fourth-order valence-electron chi connectivity index (χ4n) is 1.32. The Morgan fingerprint density at radius 2 is 2.06 bits per heavy atom. The SMILES string of the molecule is NCc1ccnc(OCc2ccccc2Cl)n1. The molecule has 1 aromatic heterocycles. The first-order chi connectivity index (χ1) is 8.29. The van der Waals surface area contributed by atoms with Crippen molar-refractivity contribution >= 4 is 11.6 Å². The summed E-state index contributed by atoms with van der Waals surface area (Å²) in [5, 5.41) is 0.669. The molecular weight excluding hydrogens is 238 g/mol. The number of ether oxygens (including phenoxy) is 1. The van der Waals surface area contributed by atoms with Gasteiger partial charge in [-0.25, -0.2) is 4.98 Å². The standard InChI is InChI=1S/C12H12ClN3O/c13-11-4-2-1-3-9(11)8-17-12-15-6-5-10(7-14)16-12/h1-6H,7-8,14H2. The van der Waals surface area contributed by atoms with E-state index in [1.807, 2.05) is 24.3 Å². The molecule has 1 heterocycles. The van der Waals surface area contributed by atoms with Crippen molar-refractivity contribution in [2.75, 3.05) is 0 Å². The van der Waals surface area contributed by atoms with Crippen LogP contribution >= 0.6 is 11.6 Å². The van der Waals surface area contributed by atoms with Gasteiger partial charge in [-0.2, -0.15) is 4.98 Å². The Kier molecular flexibility index (Phi) is 3.90. The van der Waals surface area contributed by atoms with Crippen LogP contribution in [0.3, 0.4) is 0 Å². The van der Waals surface area contributed by atoms with Gasteiger partial charge in [-0.3, -0.25) is 0 Å². The number of hydrogen-bond donors (Lipinski definition) is 1. The molecule has 0 saturated carbocycles. The molecule has 88 valence electrons. The second kappa shape index (κ2) is 5.61. The molecule has 0 radical (unpaired) electrons. The van der Waals surface area contributed by atoms with E-state index in [0.29, 0.717) is 24.2 Å². The zero-order chi connectivity index (χ0) is 12.1. The van der Waals surface area contributed by atoms with E-state index in [-0.39, 0.29) is 0 Å². The van der Waals surface area contributed by atoms with Crippen LogP contribution in [0.1, 0.15) is 11.3 Å². The molecule has 5 heteroatoms. The molecule has 0 amide bonds. The highest BCUT2D eigenvalue weighted by atomic mass is 35.5. The summed E-state index contributed by atoms with van der Waals surface area (Å²) in [4.78, 5) is 8.13. The van der Waals surface area contributed by atoms with Crippen molar-refractivity contribution in [3.8, 4) is 6.01 Å². The Labute approximate surface area is 104 Å². The van der Waals surface area contributed by atoms with Crippen LogP contribution in [0.25, 0.3) is 0 Å². The summed E-state index contributed by atoms with van der Waals surface area (Å²) < 4.78 is 5.45. The van der Waals surface area contributed by atoms with Crippen molar-refractivity contribution in [1.82, 2.24) is 9.97 Å². The van der Waals surface area contributed by atoms with Gasteiger partial charge < -0.3 is 10.5 Å². The van der Waals surface area contributed by atoms with Crippen LogP contribution in [-0.2, 0) is 13.2 Å². The summed E-state index contributed by atoms with van der Waals surface area (Å²) in [6.07, 6.45) is 1.62. The van der Waals surface area contributed by atoms with Crippen LogP contribution in [-0.4, -0.2) is 9.97 Å². The number of benzene rings is 1. The predicted octanol–water partition coefficient (Wildman–Crippen LogP) is 2.17. The highest BCUT2D eigenvalue weighted by molar-refractivity contribution is 6.31. The van der Waals surface area contributed by atoms with Crippen molar-refractivity contribution in [3.05, 3.63) is 52.8 Å². The Bertz CT molecular complexity index is 505. The topological polar surface area (TPSA) is 61.0 Å². The molecule has 0 aliphatic carbocycles. The first-order valence-corrected chi connectivity index (χ1v) is 5.55. The lowest BCUT2D eigenvalue weighted by atomic mass is 10.2. The number of halogens is 1. The molecule has 2 rings (SSSR count). The van der Waals surface area contributed by atoms with Crippen molar-refractivity contribution in [3.63, 3.8) is 0 Å². The summed E-state index contributed by atoms with van der Waals surface area (Å²) in [5.74, 6) is 0. The molecule has 0 spiro atoms. The van der Waals surface area contributed by atoms with Crippen LogP contribution in [0.15, 0.2) is 36.5 Å². The van der Waals surface area contributed by atoms with Gasteiger partial charge in [-0.1, -0.05) is 29.8 Å². The fourth-order valence-corrected chi connectivity index (χ4v) is 1.51. The molecule has 1 aromatic carbocycles. The molecule has 0 fully saturated rings. The second-order valence-electron chi connectivity index (χ2n) is 3.41. The molecular formula is C12H12ClN3O. The molecule has 0 aliphatic heterocycles. The zero-order valence-corrected chi connectivity index (χ0v) is 9.89. The second-order valence-corrected chi connectivity index (χ2v) is 3.82. The van der Waals surface area contributed by atoms with Gasteiger partial charge >= 0.3 is 6.01 Å². The number of nitrogens with two attached hydrogens (primary N) is 1. The monoisotopic (exact) mass is 249 g/mol. The molecule has 0 atom stereocenters. The van der Waals surface area contributed by atoms with E-state index in [1.165, 1.54) is 0 Å². The van der Waals surface area contributed by atoms with Crippen LogP contribution in [0, 0.1) is 0 Å². The fraction of sp³-hybridized carbons (Fsp3) is 0.167. The summed E-state index contributed by atoms with van der Waals surface area (Å²) in [7, 11) is 0. The van der Waals surface area contributed by atoms with E-state index in [9.17, 15) is 0 Å². The van der Waals surface area contributed by atoms with E-state index in [2.05, 4.69) is 9.97 Å². The molecule has 4 nitrogen and oxygen atoms in total. The van der Waals surface area contributed by atoms with Crippen LogP contribution in [0.5, 0.6) is 6.01 Å². The van der Waals surface area contributed by atoms with Crippen LogP contribution in [0.4, 0.5) is 0 Å². The van der Waals surface area contributed by atoms with E-state index < -0.39 is 0 Å². The molecule has 2 aromatic rings. The number of aromatic nitrogens is 2. The highest BCUT2D eigenvalue weighted by Gasteiger charge is 2.02. The van der Waals surface area contributed by atoms with Gasteiger partial charge in [0.15, 0.2) is 0 Å². The lowest BCUT2D eigenvalue weighted by Gasteiger charge is -2.06. The lowest BCUT2D eigenvalue weighted by Crippen LogP contribution is -2.04. The maximum absolute atomic E-state index is 6.01. The minimum atomic E-state index is 0.313. The lowest BCUT2D eigenvalue weighted by molar-refractivity contribution is 0.279. The first-order valence-electron chi connectivity index (χ1n) is 5.18. The zero-order valence-electron chi connectivity index (χ0n) is 9.14. The summed E-state index contributed by atoms with van der Waals surface area (Å²) in [6.45, 7) is 0.707. The van der Waals surface area contributed by atoms with Gasteiger partial charge in [0.2, 0.25) is 0 Å². The Morgan fingerprint density at radius 1 is 1.24 bits per heavy atom.